The molecule has 34 heavy (non-hydrogen) atoms. The highest BCUT2D eigenvalue weighted by Crippen LogP contribution is 2.23. The molecule has 1 aromatic heterocycles. The fourth-order valence-corrected chi connectivity index (χ4v) is 4.96. The van der Waals surface area contributed by atoms with Crippen LogP contribution < -0.4 is 10.9 Å². The van der Waals surface area contributed by atoms with Crippen LogP contribution in [0.1, 0.15) is 46.9 Å². The second-order valence-corrected chi connectivity index (χ2v) is 10.0. The smallest absolute Gasteiger partial charge is 0.262 e. The van der Waals surface area contributed by atoms with Crippen LogP contribution in [0.5, 0.6) is 0 Å². The zero-order chi connectivity index (χ0) is 24.1. The highest BCUT2D eigenvalue weighted by Gasteiger charge is 2.21. The molecule has 1 saturated heterocycles. The molecule has 0 saturated carbocycles. The van der Waals surface area contributed by atoms with Crippen LogP contribution in [0.4, 0.5) is 0 Å². The molecule has 2 aromatic carbocycles. The van der Waals surface area contributed by atoms with Gasteiger partial charge in [0, 0.05) is 28.8 Å². The van der Waals surface area contributed by atoms with Crippen LogP contribution in [-0.4, -0.2) is 46.2 Å². The number of ketones is 1. The van der Waals surface area contributed by atoms with Crippen molar-refractivity contribution in [1.29, 1.82) is 0 Å². The molecular formula is C25H26BrN3O4S. The van der Waals surface area contributed by atoms with Gasteiger partial charge in [0.25, 0.3) is 11.5 Å². The van der Waals surface area contributed by atoms with Gasteiger partial charge in [-0.1, -0.05) is 46.7 Å². The number of halogens is 1. The molecule has 0 aliphatic carbocycles. The quantitative estimate of drug-likeness (QED) is 0.243. The molecule has 1 fully saturated rings. The number of rotatable bonds is 9. The Bertz CT molecular complexity index is 1250. The minimum atomic E-state index is -0.200. The summed E-state index contributed by atoms with van der Waals surface area (Å²) in [6, 6.07) is 12.1. The molecule has 1 aliphatic heterocycles. The SMILES string of the molecule is CCCNC(=O)c1ccc2c(=O)n(CC3CCCO3)c(SCC(=O)c3ccc(Br)cc3)nc2c1. The van der Waals surface area contributed by atoms with Crippen LogP contribution in [0.25, 0.3) is 10.9 Å². The van der Waals surface area contributed by atoms with Crippen molar-refractivity contribution < 1.29 is 14.3 Å². The number of fused-ring (bicyclic) bond motifs is 1. The monoisotopic (exact) mass is 543 g/mol. The third-order valence-electron chi connectivity index (χ3n) is 5.63. The molecule has 1 amide bonds. The Labute approximate surface area is 210 Å². The molecule has 1 atom stereocenters. The van der Waals surface area contributed by atoms with E-state index in [2.05, 4.69) is 21.2 Å². The molecule has 2 heterocycles. The van der Waals surface area contributed by atoms with Gasteiger partial charge in [-0.05, 0) is 49.6 Å². The van der Waals surface area contributed by atoms with E-state index in [1.54, 1.807) is 34.9 Å². The summed E-state index contributed by atoms with van der Waals surface area (Å²) in [5, 5.41) is 3.73. The Morgan fingerprint density at radius 1 is 1.21 bits per heavy atom. The fourth-order valence-electron chi connectivity index (χ4n) is 3.79. The lowest BCUT2D eigenvalue weighted by Crippen LogP contribution is -2.29. The van der Waals surface area contributed by atoms with E-state index in [4.69, 9.17) is 9.72 Å². The zero-order valence-electron chi connectivity index (χ0n) is 18.9. The Balaban J connectivity index is 1.66. The van der Waals surface area contributed by atoms with Gasteiger partial charge in [0.1, 0.15) is 0 Å². The van der Waals surface area contributed by atoms with Crippen molar-refractivity contribution >= 4 is 50.3 Å². The second kappa shape index (κ2) is 11.3. The number of amides is 1. The molecule has 0 bridgehead atoms. The molecular weight excluding hydrogens is 518 g/mol. The molecule has 1 N–H and O–H groups in total. The van der Waals surface area contributed by atoms with Crippen molar-refractivity contribution in [2.45, 2.75) is 44.0 Å². The molecule has 1 unspecified atom stereocenters. The first-order chi connectivity index (χ1) is 16.5. The number of aromatic nitrogens is 2. The first kappa shape index (κ1) is 24.6. The molecule has 7 nitrogen and oxygen atoms in total. The number of hydrogen-bond donors (Lipinski definition) is 1. The lowest BCUT2D eigenvalue weighted by molar-refractivity contribution is 0.0937. The van der Waals surface area contributed by atoms with E-state index in [0.29, 0.717) is 46.9 Å². The van der Waals surface area contributed by atoms with Gasteiger partial charge < -0.3 is 10.1 Å². The maximum Gasteiger partial charge on any atom is 0.262 e. The minimum absolute atomic E-state index is 0.0526. The summed E-state index contributed by atoms with van der Waals surface area (Å²) in [6.45, 7) is 3.63. The predicted molar refractivity (Wildman–Crippen MR) is 137 cm³/mol. The number of nitrogens with one attached hydrogen (secondary N) is 1. The number of carbonyl (C=O) groups is 2. The number of nitrogens with zero attached hydrogens (tertiary/aromatic N) is 2. The molecule has 0 spiro atoms. The van der Waals surface area contributed by atoms with Crippen molar-refractivity contribution in [3.8, 4) is 0 Å². The summed E-state index contributed by atoms with van der Waals surface area (Å²) in [5.74, 6) is -0.112. The predicted octanol–water partition coefficient (Wildman–Crippen LogP) is 4.45. The van der Waals surface area contributed by atoms with Gasteiger partial charge in [-0.3, -0.25) is 19.0 Å². The van der Waals surface area contributed by atoms with E-state index < -0.39 is 0 Å². The molecule has 1 aliphatic rings. The number of carbonyl (C=O) groups excluding carboxylic acids is 2. The minimum Gasteiger partial charge on any atom is -0.376 e. The van der Waals surface area contributed by atoms with Crippen molar-refractivity contribution in [2.24, 2.45) is 0 Å². The topological polar surface area (TPSA) is 90.3 Å². The van der Waals surface area contributed by atoms with Crippen molar-refractivity contribution in [1.82, 2.24) is 14.9 Å². The summed E-state index contributed by atoms with van der Waals surface area (Å²) in [7, 11) is 0. The normalized spacial score (nSPS) is 15.5. The Hall–Kier alpha value is -2.49. The van der Waals surface area contributed by atoms with Gasteiger partial charge in [-0.15, -0.1) is 0 Å². The first-order valence-electron chi connectivity index (χ1n) is 11.3. The second-order valence-electron chi connectivity index (χ2n) is 8.15. The molecule has 4 rings (SSSR count). The van der Waals surface area contributed by atoms with E-state index >= 15 is 0 Å². The van der Waals surface area contributed by atoms with E-state index in [-0.39, 0.29) is 29.1 Å². The van der Waals surface area contributed by atoms with Crippen molar-refractivity contribution in [3.05, 3.63) is 68.4 Å². The maximum atomic E-state index is 13.4. The number of hydrogen-bond acceptors (Lipinski definition) is 6. The molecule has 9 heteroatoms. The van der Waals surface area contributed by atoms with Crippen LogP contribution in [0.3, 0.4) is 0 Å². The van der Waals surface area contributed by atoms with Gasteiger partial charge in [-0.2, -0.15) is 0 Å². The highest BCUT2D eigenvalue weighted by molar-refractivity contribution is 9.10. The number of benzene rings is 2. The first-order valence-corrected chi connectivity index (χ1v) is 13.1. The molecule has 3 aromatic rings. The third-order valence-corrected chi connectivity index (χ3v) is 7.13. The van der Waals surface area contributed by atoms with E-state index in [9.17, 15) is 14.4 Å². The summed E-state index contributed by atoms with van der Waals surface area (Å²) < 4.78 is 8.26. The lowest BCUT2D eigenvalue weighted by Gasteiger charge is -2.16. The lowest BCUT2D eigenvalue weighted by atomic mass is 10.1. The fraction of sp³-hybridized carbons (Fsp3) is 0.360. The van der Waals surface area contributed by atoms with Crippen molar-refractivity contribution in [2.75, 3.05) is 18.9 Å². The number of ether oxygens (including phenoxy) is 1. The third kappa shape index (κ3) is 5.76. The zero-order valence-corrected chi connectivity index (χ0v) is 21.3. The number of thioether (sulfide) groups is 1. The van der Waals surface area contributed by atoms with Gasteiger partial charge in [0.2, 0.25) is 0 Å². The maximum absolute atomic E-state index is 13.4. The number of Topliss-reactive ketones (excluding diaryl/α,β-unsaturated/α-hetero) is 1. The average Bonchev–Trinajstić information content (AvgIpc) is 3.36. The summed E-state index contributed by atoms with van der Waals surface area (Å²) in [6.07, 6.45) is 2.61. The molecule has 0 radical (unpaired) electrons. The Kier molecular flexibility index (Phi) is 8.18. The van der Waals surface area contributed by atoms with Gasteiger partial charge in [0.15, 0.2) is 10.9 Å². The van der Waals surface area contributed by atoms with Gasteiger partial charge in [0.05, 0.1) is 29.3 Å². The van der Waals surface area contributed by atoms with Crippen molar-refractivity contribution in [3.63, 3.8) is 0 Å². The van der Waals surface area contributed by atoms with Gasteiger partial charge in [-0.25, -0.2) is 4.98 Å². The summed E-state index contributed by atoms with van der Waals surface area (Å²) in [4.78, 5) is 43.3. The van der Waals surface area contributed by atoms with E-state index in [0.717, 1.165) is 23.7 Å². The van der Waals surface area contributed by atoms with Crippen LogP contribution in [0.2, 0.25) is 0 Å². The molecule has 178 valence electrons. The standard InChI is InChI=1S/C25H26BrN3O4S/c1-2-11-27-23(31)17-7-10-20-21(13-17)28-25(29(24(20)32)14-19-4-3-12-33-19)34-15-22(30)16-5-8-18(26)9-6-16/h5-10,13,19H,2-4,11-12,14-15H2,1H3,(H,27,31). The summed E-state index contributed by atoms with van der Waals surface area (Å²) >= 11 is 4.61. The largest absolute Gasteiger partial charge is 0.376 e. The average molecular weight is 544 g/mol. The highest BCUT2D eigenvalue weighted by atomic mass is 79.9. The summed E-state index contributed by atoms with van der Waals surface area (Å²) in [5.41, 5.74) is 1.29. The Morgan fingerprint density at radius 3 is 2.68 bits per heavy atom. The van der Waals surface area contributed by atoms with E-state index in [1.807, 2.05) is 19.1 Å². The van der Waals surface area contributed by atoms with Crippen LogP contribution in [0, 0.1) is 0 Å². The van der Waals surface area contributed by atoms with Gasteiger partial charge >= 0.3 is 0 Å². The van der Waals surface area contributed by atoms with Crippen LogP contribution in [0.15, 0.2) is 56.9 Å². The van der Waals surface area contributed by atoms with E-state index in [1.165, 1.54) is 11.8 Å². The van der Waals surface area contributed by atoms with Crippen LogP contribution >= 0.6 is 27.7 Å². The van der Waals surface area contributed by atoms with Crippen LogP contribution in [-0.2, 0) is 11.3 Å². The Morgan fingerprint density at radius 2 is 1.97 bits per heavy atom.